The van der Waals surface area contributed by atoms with Gasteiger partial charge in [-0.15, -0.1) is 0 Å². The Hall–Kier alpha value is -0.465. The molecule has 0 amide bonds. The standard InChI is InChI=1S/C7H8BClO/c8-6-2-1-5(4-10)7(9)3-6/h1-3,10H,4,8H2. The minimum absolute atomic E-state index is 0.0130. The van der Waals surface area contributed by atoms with Gasteiger partial charge in [-0.3, -0.25) is 0 Å². The highest BCUT2D eigenvalue weighted by Crippen LogP contribution is 2.12. The number of hydrogen-bond donors (Lipinski definition) is 1. The Morgan fingerprint density at radius 1 is 1.50 bits per heavy atom. The molecular weight excluding hydrogens is 146 g/mol. The monoisotopic (exact) mass is 154 g/mol. The number of benzene rings is 1. The van der Waals surface area contributed by atoms with Crippen molar-refractivity contribution in [3.05, 3.63) is 28.8 Å². The molecule has 0 saturated carbocycles. The molecule has 10 heavy (non-hydrogen) atoms. The predicted molar refractivity (Wildman–Crippen MR) is 45.6 cm³/mol. The molecule has 52 valence electrons. The van der Waals surface area contributed by atoms with Gasteiger partial charge in [-0.2, -0.15) is 0 Å². The molecule has 1 aromatic rings. The van der Waals surface area contributed by atoms with Crippen LogP contribution in [0.2, 0.25) is 5.02 Å². The average molecular weight is 154 g/mol. The summed E-state index contributed by atoms with van der Waals surface area (Å²) < 4.78 is 0. The zero-order chi connectivity index (χ0) is 7.56. The third-order valence-corrected chi connectivity index (χ3v) is 1.73. The molecule has 0 unspecified atom stereocenters. The Morgan fingerprint density at radius 2 is 2.20 bits per heavy atom. The van der Waals surface area contributed by atoms with E-state index in [9.17, 15) is 0 Å². The molecule has 3 heteroatoms. The van der Waals surface area contributed by atoms with Crippen molar-refractivity contribution >= 4 is 24.9 Å². The van der Waals surface area contributed by atoms with Gasteiger partial charge in [0.15, 0.2) is 0 Å². The molecule has 0 fully saturated rings. The van der Waals surface area contributed by atoms with Gasteiger partial charge >= 0.3 is 0 Å². The summed E-state index contributed by atoms with van der Waals surface area (Å²) in [6, 6.07) is 5.60. The average Bonchev–Trinajstić information content (AvgIpc) is 1.88. The largest absolute Gasteiger partial charge is 0.392 e. The number of aliphatic hydroxyl groups is 1. The van der Waals surface area contributed by atoms with E-state index in [1.807, 2.05) is 26.0 Å². The van der Waals surface area contributed by atoms with E-state index in [4.69, 9.17) is 16.7 Å². The summed E-state index contributed by atoms with van der Waals surface area (Å²) in [5.74, 6) is 0. The van der Waals surface area contributed by atoms with E-state index < -0.39 is 0 Å². The summed E-state index contributed by atoms with van der Waals surface area (Å²) in [6.07, 6.45) is 0. The zero-order valence-corrected chi connectivity index (χ0v) is 6.52. The Bertz CT molecular complexity index is 237. The molecule has 1 nitrogen and oxygen atoms in total. The van der Waals surface area contributed by atoms with E-state index in [0.29, 0.717) is 5.02 Å². The van der Waals surface area contributed by atoms with Crippen LogP contribution in [0.3, 0.4) is 0 Å². The maximum Gasteiger partial charge on any atom is 0.139 e. The van der Waals surface area contributed by atoms with Gasteiger partial charge in [-0.25, -0.2) is 0 Å². The summed E-state index contributed by atoms with van der Waals surface area (Å²) in [4.78, 5) is 0. The van der Waals surface area contributed by atoms with E-state index in [2.05, 4.69) is 0 Å². The van der Waals surface area contributed by atoms with Crippen molar-refractivity contribution in [2.24, 2.45) is 0 Å². The quantitative estimate of drug-likeness (QED) is 0.569. The van der Waals surface area contributed by atoms with Crippen molar-refractivity contribution in [2.45, 2.75) is 6.61 Å². The van der Waals surface area contributed by atoms with E-state index >= 15 is 0 Å². The van der Waals surface area contributed by atoms with Crippen molar-refractivity contribution in [3.8, 4) is 0 Å². The topological polar surface area (TPSA) is 20.2 Å². The van der Waals surface area contributed by atoms with Crippen LogP contribution in [0.15, 0.2) is 18.2 Å². The fraction of sp³-hybridized carbons (Fsp3) is 0.143. The molecule has 0 radical (unpaired) electrons. The Balaban J connectivity index is 3.07. The van der Waals surface area contributed by atoms with E-state index in [0.717, 1.165) is 11.0 Å². The maximum absolute atomic E-state index is 8.72. The molecule has 1 rings (SSSR count). The Morgan fingerprint density at radius 3 is 2.70 bits per heavy atom. The summed E-state index contributed by atoms with van der Waals surface area (Å²) in [5, 5.41) is 9.37. The highest BCUT2D eigenvalue weighted by Gasteiger charge is 1.96. The van der Waals surface area contributed by atoms with Crippen molar-refractivity contribution < 1.29 is 5.11 Å². The van der Waals surface area contributed by atoms with Gasteiger partial charge in [-0.05, 0) is 11.6 Å². The lowest BCUT2D eigenvalue weighted by Gasteiger charge is -1.99. The molecule has 0 atom stereocenters. The molecule has 0 aliphatic heterocycles. The molecule has 1 aromatic carbocycles. The maximum atomic E-state index is 8.72. The van der Waals surface area contributed by atoms with Gasteiger partial charge in [0.1, 0.15) is 7.85 Å². The molecule has 0 heterocycles. The van der Waals surface area contributed by atoms with Crippen LogP contribution in [-0.4, -0.2) is 13.0 Å². The fourth-order valence-corrected chi connectivity index (χ4v) is 1.08. The Kier molecular flexibility index (Phi) is 2.36. The van der Waals surface area contributed by atoms with Gasteiger partial charge in [-0.1, -0.05) is 29.2 Å². The summed E-state index contributed by atoms with van der Waals surface area (Å²) in [7, 11) is 1.97. The van der Waals surface area contributed by atoms with Gasteiger partial charge in [0.25, 0.3) is 0 Å². The van der Waals surface area contributed by atoms with Gasteiger partial charge in [0, 0.05) is 5.02 Å². The minimum atomic E-state index is 0.0130. The normalized spacial score (nSPS) is 9.80. The van der Waals surface area contributed by atoms with Crippen LogP contribution in [0.25, 0.3) is 0 Å². The Labute approximate surface area is 66.0 Å². The molecule has 1 N–H and O–H groups in total. The second-order valence-electron chi connectivity index (χ2n) is 2.25. The minimum Gasteiger partial charge on any atom is -0.392 e. The first kappa shape index (κ1) is 7.64. The first-order valence-electron chi connectivity index (χ1n) is 3.10. The summed E-state index contributed by atoms with van der Waals surface area (Å²) in [6.45, 7) is 0.0130. The molecule has 0 spiro atoms. The number of halogens is 1. The highest BCUT2D eigenvalue weighted by molar-refractivity contribution is 6.36. The van der Waals surface area contributed by atoms with Crippen LogP contribution in [0.4, 0.5) is 0 Å². The lowest BCUT2D eigenvalue weighted by atomic mass is 9.95. The van der Waals surface area contributed by atoms with Crippen LogP contribution >= 0.6 is 11.6 Å². The SMILES string of the molecule is Bc1ccc(CO)c(Cl)c1. The molecule has 0 saturated heterocycles. The molecule has 0 bridgehead atoms. The second-order valence-corrected chi connectivity index (χ2v) is 2.66. The molecule has 0 aromatic heterocycles. The van der Waals surface area contributed by atoms with E-state index in [-0.39, 0.29) is 6.61 Å². The molecular formula is C7H8BClO. The number of hydrogen-bond acceptors (Lipinski definition) is 1. The highest BCUT2D eigenvalue weighted by atomic mass is 35.5. The first-order valence-corrected chi connectivity index (χ1v) is 3.47. The van der Waals surface area contributed by atoms with Crippen LogP contribution in [0.1, 0.15) is 5.56 Å². The van der Waals surface area contributed by atoms with E-state index in [1.165, 1.54) is 0 Å². The van der Waals surface area contributed by atoms with Crippen LogP contribution in [-0.2, 0) is 6.61 Å². The van der Waals surface area contributed by atoms with Gasteiger partial charge < -0.3 is 5.11 Å². The van der Waals surface area contributed by atoms with Gasteiger partial charge in [0.2, 0.25) is 0 Å². The number of rotatable bonds is 1. The zero-order valence-electron chi connectivity index (χ0n) is 5.76. The van der Waals surface area contributed by atoms with Crippen molar-refractivity contribution in [3.63, 3.8) is 0 Å². The lowest BCUT2D eigenvalue weighted by molar-refractivity contribution is 0.282. The van der Waals surface area contributed by atoms with Crippen molar-refractivity contribution in [1.29, 1.82) is 0 Å². The van der Waals surface area contributed by atoms with Gasteiger partial charge in [0.05, 0.1) is 6.61 Å². The van der Waals surface area contributed by atoms with Crippen molar-refractivity contribution in [1.82, 2.24) is 0 Å². The third kappa shape index (κ3) is 1.52. The summed E-state index contributed by atoms with van der Waals surface area (Å²) >= 11 is 5.77. The van der Waals surface area contributed by atoms with Crippen molar-refractivity contribution in [2.75, 3.05) is 0 Å². The first-order chi connectivity index (χ1) is 4.74. The smallest absolute Gasteiger partial charge is 0.139 e. The molecule has 0 aliphatic rings. The fourth-order valence-electron chi connectivity index (χ4n) is 0.781. The molecule has 0 aliphatic carbocycles. The predicted octanol–water partition coefficient (Wildman–Crippen LogP) is 0.0907. The van der Waals surface area contributed by atoms with Crippen LogP contribution in [0, 0.1) is 0 Å². The van der Waals surface area contributed by atoms with Crippen LogP contribution in [0.5, 0.6) is 0 Å². The van der Waals surface area contributed by atoms with Crippen LogP contribution < -0.4 is 5.46 Å². The second kappa shape index (κ2) is 3.08. The number of aliphatic hydroxyl groups excluding tert-OH is 1. The third-order valence-electron chi connectivity index (χ3n) is 1.38. The lowest BCUT2D eigenvalue weighted by Crippen LogP contribution is -2.01. The van der Waals surface area contributed by atoms with E-state index in [1.54, 1.807) is 0 Å². The summed E-state index contributed by atoms with van der Waals surface area (Å²) in [5.41, 5.74) is 1.90.